The van der Waals surface area contributed by atoms with Crippen LogP contribution >= 0.6 is 0 Å². The number of anilines is 2. The third kappa shape index (κ3) is 3.68. The number of H-pyrrole nitrogens is 1. The van der Waals surface area contributed by atoms with Gasteiger partial charge in [0.05, 0.1) is 18.7 Å². The molecule has 1 saturated heterocycles. The van der Waals surface area contributed by atoms with Gasteiger partial charge in [-0.25, -0.2) is 4.39 Å². The van der Waals surface area contributed by atoms with Crippen molar-refractivity contribution in [3.05, 3.63) is 70.3 Å². The Hall–Kier alpha value is -3.19. The first-order valence-corrected chi connectivity index (χ1v) is 8.67. The average Bonchev–Trinajstić information content (AvgIpc) is 2.68. The Morgan fingerprint density at radius 3 is 2.74 bits per heavy atom. The molecule has 0 atom stereocenters. The molecular weight excluding hydrogens is 349 g/mol. The predicted octanol–water partition coefficient (Wildman–Crippen LogP) is 2.76. The molecule has 0 saturated carbocycles. The second kappa shape index (κ2) is 7.20. The van der Waals surface area contributed by atoms with E-state index in [2.05, 4.69) is 15.2 Å². The summed E-state index contributed by atoms with van der Waals surface area (Å²) in [5.41, 5.74) is 1.35. The van der Waals surface area contributed by atoms with Crippen molar-refractivity contribution in [1.29, 1.82) is 0 Å². The van der Waals surface area contributed by atoms with Gasteiger partial charge >= 0.3 is 0 Å². The lowest BCUT2D eigenvalue weighted by Gasteiger charge is -2.29. The number of morpholine rings is 1. The number of aromatic amines is 1. The Morgan fingerprint density at radius 2 is 1.93 bits per heavy atom. The molecule has 1 fully saturated rings. The molecule has 0 radical (unpaired) electrons. The molecule has 1 aromatic heterocycles. The van der Waals surface area contributed by atoms with Crippen molar-refractivity contribution in [2.75, 3.05) is 36.5 Å². The molecular formula is C20H18FN3O3. The molecule has 6 nitrogen and oxygen atoms in total. The van der Waals surface area contributed by atoms with Crippen molar-refractivity contribution in [2.45, 2.75) is 0 Å². The molecule has 1 amide bonds. The van der Waals surface area contributed by atoms with Crippen LogP contribution < -0.4 is 15.8 Å². The molecule has 0 spiro atoms. The summed E-state index contributed by atoms with van der Waals surface area (Å²) in [4.78, 5) is 29.6. The largest absolute Gasteiger partial charge is 0.378 e. The van der Waals surface area contributed by atoms with Crippen molar-refractivity contribution in [3.8, 4) is 0 Å². The molecule has 2 aromatic carbocycles. The van der Waals surface area contributed by atoms with Gasteiger partial charge in [0.2, 0.25) is 0 Å². The summed E-state index contributed by atoms with van der Waals surface area (Å²) < 4.78 is 18.6. The zero-order valence-electron chi connectivity index (χ0n) is 14.5. The lowest BCUT2D eigenvalue weighted by Crippen LogP contribution is -2.36. The number of pyridine rings is 1. The van der Waals surface area contributed by atoms with E-state index in [0.29, 0.717) is 29.8 Å². The first-order valence-electron chi connectivity index (χ1n) is 8.67. The second-order valence-electron chi connectivity index (χ2n) is 6.35. The van der Waals surface area contributed by atoms with Crippen molar-refractivity contribution in [3.63, 3.8) is 0 Å². The zero-order chi connectivity index (χ0) is 18.8. The van der Waals surface area contributed by atoms with Crippen LogP contribution in [0.3, 0.4) is 0 Å². The Labute approximate surface area is 154 Å². The normalized spacial score (nSPS) is 14.3. The molecule has 3 aromatic rings. The maximum absolute atomic E-state index is 13.3. The van der Waals surface area contributed by atoms with Crippen molar-refractivity contribution >= 4 is 28.2 Å². The Bertz CT molecular complexity index is 1060. The van der Waals surface area contributed by atoms with Crippen LogP contribution in [0.1, 0.15) is 10.4 Å². The zero-order valence-corrected chi connectivity index (χ0v) is 14.5. The number of nitrogens with zero attached hydrogens (tertiary/aromatic N) is 1. The second-order valence-corrected chi connectivity index (χ2v) is 6.35. The first-order chi connectivity index (χ1) is 13.1. The van der Waals surface area contributed by atoms with E-state index in [4.69, 9.17) is 4.74 Å². The van der Waals surface area contributed by atoms with Crippen LogP contribution in [0.4, 0.5) is 15.8 Å². The van der Waals surface area contributed by atoms with Gasteiger partial charge in [-0.3, -0.25) is 9.59 Å². The van der Waals surface area contributed by atoms with E-state index in [9.17, 15) is 14.0 Å². The number of amides is 1. The minimum atomic E-state index is -0.560. The Balaban J connectivity index is 1.59. The van der Waals surface area contributed by atoms with E-state index in [1.165, 1.54) is 24.3 Å². The van der Waals surface area contributed by atoms with E-state index < -0.39 is 17.3 Å². The van der Waals surface area contributed by atoms with E-state index in [1.807, 2.05) is 18.2 Å². The van der Waals surface area contributed by atoms with Gasteiger partial charge in [0, 0.05) is 24.5 Å². The standard InChI is InChI=1S/C20H18FN3O3/c21-14-5-4-13-10-17(20(26)23-18(13)11-14)19(25)22-15-2-1-3-16(12-15)24-6-8-27-9-7-24/h1-5,10-12H,6-9H2,(H,22,25)(H,23,26). The van der Waals surface area contributed by atoms with Gasteiger partial charge in [-0.2, -0.15) is 0 Å². The minimum absolute atomic E-state index is 0.0223. The van der Waals surface area contributed by atoms with Gasteiger partial charge in [-0.15, -0.1) is 0 Å². The molecule has 2 N–H and O–H groups in total. The number of nitrogens with one attached hydrogen (secondary N) is 2. The summed E-state index contributed by atoms with van der Waals surface area (Å²) in [5.74, 6) is -0.961. The Kier molecular flexibility index (Phi) is 4.60. The van der Waals surface area contributed by atoms with Crippen LogP contribution in [0.15, 0.2) is 53.3 Å². The highest BCUT2D eigenvalue weighted by Gasteiger charge is 2.15. The van der Waals surface area contributed by atoms with Gasteiger partial charge in [0.15, 0.2) is 0 Å². The molecule has 0 aliphatic carbocycles. The van der Waals surface area contributed by atoms with Gasteiger partial charge in [0.25, 0.3) is 11.5 Å². The molecule has 1 aliphatic rings. The van der Waals surface area contributed by atoms with E-state index in [1.54, 1.807) is 6.07 Å². The summed E-state index contributed by atoms with van der Waals surface area (Å²) in [7, 11) is 0. The number of rotatable bonds is 3. The van der Waals surface area contributed by atoms with Gasteiger partial charge < -0.3 is 19.9 Å². The molecule has 4 rings (SSSR count). The number of ether oxygens (including phenoxy) is 1. The highest BCUT2D eigenvalue weighted by molar-refractivity contribution is 6.05. The van der Waals surface area contributed by atoms with Crippen LogP contribution in [-0.2, 0) is 4.74 Å². The molecule has 138 valence electrons. The Morgan fingerprint density at radius 1 is 1.11 bits per heavy atom. The van der Waals surface area contributed by atoms with E-state index in [-0.39, 0.29) is 5.56 Å². The summed E-state index contributed by atoms with van der Waals surface area (Å²) in [6.07, 6.45) is 0. The summed E-state index contributed by atoms with van der Waals surface area (Å²) in [5, 5.41) is 3.35. The maximum Gasteiger partial charge on any atom is 0.261 e. The SMILES string of the molecule is O=C(Nc1cccc(N2CCOCC2)c1)c1cc2ccc(F)cc2[nH]c1=O. The quantitative estimate of drug-likeness (QED) is 0.747. The third-order valence-corrected chi connectivity index (χ3v) is 4.53. The van der Waals surface area contributed by atoms with Crippen LogP contribution in [0.2, 0.25) is 0 Å². The highest BCUT2D eigenvalue weighted by atomic mass is 19.1. The van der Waals surface area contributed by atoms with Crippen LogP contribution in [0.25, 0.3) is 10.9 Å². The lowest BCUT2D eigenvalue weighted by atomic mass is 10.1. The lowest BCUT2D eigenvalue weighted by molar-refractivity contribution is 0.102. The van der Waals surface area contributed by atoms with E-state index in [0.717, 1.165) is 18.8 Å². The van der Waals surface area contributed by atoms with Crippen LogP contribution in [-0.4, -0.2) is 37.2 Å². The highest BCUT2D eigenvalue weighted by Crippen LogP contribution is 2.21. The summed E-state index contributed by atoms with van der Waals surface area (Å²) in [6.45, 7) is 2.92. The smallest absolute Gasteiger partial charge is 0.261 e. The van der Waals surface area contributed by atoms with Crippen LogP contribution in [0.5, 0.6) is 0 Å². The van der Waals surface area contributed by atoms with Crippen molar-refractivity contribution in [2.24, 2.45) is 0 Å². The molecule has 7 heteroatoms. The summed E-state index contributed by atoms with van der Waals surface area (Å²) in [6, 6.07) is 13.0. The number of fused-ring (bicyclic) bond motifs is 1. The molecule has 0 unspecified atom stereocenters. The van der Waals surface area contributed by atoms with Gasteiger partial charge in [0.1, 0.15) is 11.4 Å². The number of carbonyl (C=O) groups excluding carboxylic acids is 1. The van der Waals surface area contributed by atoms with Gasteiger partial charge in [-0.05, 0) is 47.9 Å². The fourth-order valence-electron chi connectivity index (χ4n) is 3.14. The monoisotopic (exact) mass is 367 g/mol. The number of aromatic nitrogens is 1. The average molecular weight is 367 g/mol. The third-order valence-electron chi connectivity index (χ3n) is 4.53. The van der Waals surface area contributed by atoms with Crippen molar-refractivity contribution < 1.29 is 13.9 Å². The predicted molar refractivity (Wildman–Crippen MR) is 102 cm³/mol. The number of hydrogen-bond acceptors (Lipinski definition) is 4. The fourth-order valence-corrected chi connectivity index (χ4v) is 3.14. The summed E-state index contributed by atoms with van der Waals surface area (Å²) >= 11 is 0. The van der Waals surface area contributed by atoms with Crippen LogP contribution in [0, 0.1) is 5.82 Å². The van der Waals surface area contributed by atoms with Gasteiger partial charge in [-0.1, -0.05) is 6.07 Å². The fraction of sp³-hybridized carbons (Fsp3) is 0.200. The first kappa shape index (κ1) is 17.2. The molecule has 0 bridgehead atoms. The number of benzene rings is 2. The number of carbonyl (C=O) groups is 1. The minimum Gasteiger partial charge on any atom is -0.378 e. The van der Waals surface area contributed by atoms with E-state index >= 15 is 0 Å². The molecule has 2 heterocycles. The van der Waals surface area contributed by atoms with Crippen molar-refractivity contribution in [1.82, 2.24) is 4.98 Å². The maximum atomic E-state index is 13.3. The number of hydrogen-bond donors (Lipinski definition) is 2. The topological polar surface area (TPSA) is 74.4 Å². The molecule has 1 aliphatic heterocycles. The number of halogens is 1. The molecule has 27 heavy (non-hydrogen) atoms.